The number of nitrogens with zero attached hydrogens (tertiary/aromatic N) is 6. The lowest BCUT2D eigenvalue weighted by Gasteiger charge is -2.28. The van der Waals surface area contributed by atoms with Crippen LogP contribution >= 0.6 is 23.2 Å². The Bertz CT molecular complexity index is 957. The van der Waals surface area contributed by atoms with Crippen LogP contribution in [-0.2, 0) is 0 Å². The summed E-state index contributed by atoms with van der Waals surface area (Å²) in [7, 11) is 2.14. The fraction of sp³-hybridized carbons (Fsp3) is 0.444. The Hall–Kier alpha value is -2.12. The number of fused-ring (bicyclic) bond motifs is 2. The summed E-state index contributed by atoms with van der Waals surface area (Å²) in [5, 5.41) is 1.66. The van der Waals surface area contributed by atoms with Crippen LogP contribution in [0, 0.1) is 11.8 Å². The zero-order valence-electron chi connectivity index (χ0n) is 14.8. The van der Waals surface area contributed by atoms with Gasteiger partial charge in [0.05, 0.1) is 5.39 Å². The molecule has 27 heavy (non-hydrogen) atoms. The Kier molecular flexibility index (Phi) is 4.09. The number of aromatic amines is 1. The number of H-pyrrole nitrogens is 1. The molecular weight excluding hydrogens is 385 g/mol. The van der Waals surface area contributed by atoms with Crippen LogP contribution in [-0.4, -0.2) is 51.1 Å². The van der Waals surface area contributed by atoms with Crippen molar-refractivity contribution >= 4 is 45.9 Å². The summed E-state index contributed by atoms with van der Waals surface area (Å²) in [6.07, 6.45) is 5.82. The average molecular weight is 404 g/mol. The lowest BCUT2D eigenvalue weighted by Crippen LogP contribution is -2.33. The van der Waals surface area contributed by atoms with E-state index in [9.17, 15) is 0 Å². The SMILES string of the molecule is CN(c1ncnc2[nH]ccc12)C1C[C@@H]2CN(c3cc(Cl)nc(Cl)n3)C[C@@H]2C1. The molecule has 2 fully saturated rings. The Morgan fingerprint density at radius 2 is 1.93 bits per heavy atom. The Labute approximate surface area is 166 Å². The van der Waals surface area contributed by atoms with Gasteiger partial charge < -0.3 is 14.8 Å². The van der Waals surface area contributed by atoms with Crippen LogP contribution in [0.1, 0.15) is 12.8 Å². The van der Waals surface area contributed by atoms with E-state index < -0.39 is 0 Å². The van der Waals surface area contributed by atoms with E-state index in [2.05, 4.69) is 41.8 Å². The molecule has 4 heterocycles. The van der Waals surface area contributed by atoms with Gasteiger partial charge >= 0.3 is 0 Å². The van der Waals surface area contributed by atoms with Crippen molar-refractivity contribution in [3.05, 3.63) is 35.1 Å². The molecule has 3 aromatic rings. The van der Waals surface area contributed by atoms with Crippen molar-refractivity contribution in [2.24, 2.45) is 11.8 Å². The molecule has 3 atom stereocenters. The second-order valence-electron chi connectivity index (χ2n) is 7.42. The van der Waals surface area contributed by atoms with Crippen LogP contribution in [0.5, 0.6) is 0 Å². The van der Waals surface area contributed by atoms with Crippen molar-refractivity contribution in [1.82, 2.24) is 24.9 Å². The maximum Gasteiger partial charge on any atom is 0.225 e. The minimum atomic E-state index is 0.200. The van der Waals surface area contributed by atoms with E-state index in [0.29, 0.717) is 23.0 Å². The molecule has 1 N–H and O–H groups in total. The topological polar surface area (TPSA) is 73.8 Å². The summed E-state index contributed by atoms with van der Waals surface area (Å²) in [5.74, 6) is 3.09. The van der Waals surface area contributed by atoms with Crippen LogP contribution in [0.2, 0.25) is 10.4 Å². The van der Waals surface area contributed by atoms with Gasteiger partial charge in [-0.3, -0.25) is 0 Å². The minimum Gasteiger partial charge on any atom is -0.356 e. The largest absolute Gasteiger partial charge is 0.356 e. The van der Waals surface area contributed by atoms with E-state index in [1.54, 1.807) is 12.4 Å². The molecule has 0 amide bonds. The van der Waals surface area contributed by atoms with Gasteiger partial charge in [-0.25, -0.2) is 19.9 Å². The van der Waals surface area contributed by atoms with Crippen LogP contribution in [0.4, 0.5) is 11.6 Å². The fourth-order valence-electron chi connectivity index (χ4n) is 4.62. The summed E-state index contributed by atoms with van der Waals surface area (Å²) >= 11 is 12.0. The van der Waals surface area contributed by atoms with Gasteiger partial charge in [0.25, 0.3) is 0 Å². The molecule has 5 rings (SSSR count). The molecular formula is C18H19Cl2N7. The smallest absolute Gasteiger partial charge is 0.225 e. The lowest BCUT2D eigenvalue weighted by atomic mass is 10.0. The highest BCUT2D eigenvalue weighted by atomic mass is 35.5. The highest BCUT2D eigenvalue weighted by Gasteiger charge is 2.43. The molecule has 7 nitrogen and oxygen atoms in total. The lowest BCUT2D eigenvalue weighted by molar-refractivity contribution is 0.494. The van der Waals surface area contributed by atoms with Gasteiger partial charge in [-0.15, -0.1) is 0 Å². The summed E-state index contributed by atoms with van der Waals surface area (Å²) < 4.78 is 0. The third-order valence-corrected chi connectivity index (χ3v) is 6.28. The molecule has 140 valence electrons. The molecule has 1 aliphatic heterocycles. The molecule has 1 saturated heterocycles. The summed E-state index contributed by atoms with van der Waals surface area (Å²) in [5.41, 5.74) is 0.883. The van der Waals surface area contributed by atoms with Gasteiger partial charge in [0.15, 0.2) is 0 Å². The maximum absolute atomic E-state index is 6.04. The molecule has 1 aliphatic carbocycles. The van der Waals surface area contributed by atoms with E-state index in [0.717, 1.165) is 48.6 Å². The van der Waals surface area contributed by atoms with Gasteiger partial charge in [-0.2, -0.15) is 0 Å². The maximum atomic E-state index is 6.04. The number of rotatable bonds is 3. The number of hydrogen-bond donors (Lipinski definition) is 1. The molecule has 3 aromatic heterocycles. The Balaban J connectivity index is 1.31. The fourth-order valence-corrected chi connectivity index (χ4v) is 5.02. The quantitative estimate of drug-likeness (QED) is 0.533. The van der Waals surface area contributed by atoms with Crippen molar-refractivity contribution < 1.29 is 0 Å². The van der Waals surface area contributed by atoms with Crippen molar-refractivity contribution in [2.45, 2.75) is 18.9 Å². The first-order valence-electron chi connectivity index (χ1n) is 9.04. The van der Waals surface area contributed by atoms with Crippen molar-refractivity contribution in [2.75, 3.05) is 29.9 Å². The van der Waals surface area contributed by atoms with Crippen LogP contribution in [0.3, 0.4) is 0 Å². The predicted molar refractivity (Wildman–Crippen MR) is 107 cm³/mol. The molecule has 0 spiro atoms. The molecule has 0 radical (unpaired) electrons. The first kappa shape index (κ1) is 17.0. The molecule has 2 aliphatic rings. The summed E-state index contributed by atoms with van der Waals surface area (Å²) in [6.45, 7) is 1.95. The monoisotopic (exact) mass is 403 g/mol. The van der Waals surface area contributed by atoms with Crippen molar-refractivity contribution in [1.29, 1.82) is 0 Å². The van der Waals surface area contributed by atoms with Crippen LogP contribution < -0.4 is 9.80 Å². The molecule has 1 unspecified atom stereocenters. The molecule has 0 aromatic carbocycles. The second-order valence-corrected chi connectivity index (χ2v) is 8.14. The summed E-state index contributed by atoms with van der Waals surface area (Å²) in [4.78, 5) is 24.9. The minimum absolute atomic E-state index is 0.200. The number of aromatic nitrogens is 5. The van der Waals surface area contributed by atoms with Gasteiger partial charge in [0.2, 0.25) is 5.28 Å². The highest BCUT2D eigenvalue weighted by Crippen LogP contribution is 2.42. The summed E-state index contributed by atoms with van der Waals surface area (Å²) in [6, 6.07) is 4.32. The van der Waals surface area contributed by atoms with E-state index in [4.69, 9.17) is 23.2 Å². The predicted octanol–water partition coefficient (Wildman–Crippen LogP) is 3.41. The van der Waals surface area contributed by atoms with Crippen LogP contribution in [0.25, 0.3) is 11.0 Å². The normalized spacial score (nSPS) is 24.6. The van der Waals surface area contributed by atoms with Crippen molar-refractivity contribution in [3.8, 4) is 0 Å². The third kappa shape index (κ3) is 2.99. The Morgan fingerprint density at radius 1 is 1.15 bits per heavy atom. The standard InChI is InChI=1S/C18H19Cl2N7/c1-26(17-13-2-3-21-16(13)22-9-23-17)12-4-10-7-27(8-11(10)5-12)15-6-14(19)24-18(20)25-15/h2-3,6,9-12H,4-5,7-8H2,1H3,(H,21,22,23)/t10-,11+,12?. The Morgan fingerprint density at radius 3 is 2.67 bits per heavy atom. The van der Waals surface area contributed by atoms with E-state index in [1.165, 1.54) is 0 Å². The number of halogens is 2. The first-order valence-corrected chi connectivity index (χ1v) is 9.80. The number of nitrogens with one attached hydrogen (secondary N) is 1. The third-order valence-electron chi connectivity index (χ3n) is 5.92. The molecule has 0 bridgehead atoms. The van der Waals surface area contributed by atoms with Gasteiger partial charge in [0, 0.05) is 38.4 Å². The second kappa shape index (κ2) is 6.49. The van der Waals surface area contributed by atoms with Gasteiger partial charge in [0.1, 0.15) is 28.8 Å². The average Bonchev–Trinajstić information content (AvgIpc) is 3.33. The zero-order valence-corrected chi connectivity index (χ0v) is 16.3. The molecule has 1 saturated carbocycles. The van der Waals surface area contributed by atoms with Gasteiger partial charge in [-0.1, -0.05) is 11.6 Å². The van der Waals surface area contributed by atoms with E-state index in [-0.39, 0.29) is 5.28 Å². The first-order chi connectivity index (χ1) is 13.1. The van der Waals surface area contributed by atoms with Crippen LogP contribution in [0.15, 0.2) is 24.7 Å². The highest BCUT2D eigenvalue weighted by molar-refractivity contribution is 6.32. The molecule has 9 heteroatoms. The van der Waals surface area contributed by atoms with Crippen molar-refractivity contribution in [3.63, 3.8) is 0 Å². The zero-order chi connectivity index (χ0) is 18.5. The number of anilines is 2. The number of hydrogen-bond acceptors (Lipinski definition) is 6. The van der Waals surface area contributed by atoms with Gasteiger partial charge in [-0.05, 0) is 42.3 Å². The van der Waals surface area contributed by atoms with E-state index >= 15 is 0 Å². The van der Waals surface area contributed by atoms with E-state index in [1.807, 2.05) is 12.3 Å².